The summed E-state index contributed by atoms with van der Waals surface area (Å²) in [5.74, 6) is -0.626. The SMILES string of the molecule is C[C@@H]1CC[C@@H](Oc2cc(N)ccn2)CN1C(=O)c1c(F)cccc1-n1nccn1. The zero-order valence-electron chi connectivity index (χ0n) is 15.9. The zero-order valence-corrected chi connectivity index (χ0v) is 15.9. The summed E-state index contributed by atoms with van der Waals surface area (Å²) < 4.78 is 20.6. The lowest BCUT2D eigenvalue weighted by Crippen LogP contribution is -2.49. The smallest absolute Gasteiger partial charge is 0.259 e. The average molecular weight is 396 g/mol. The zero-order chi connectivity index (χ0) is 20.4. The van der Waals surface area contributed by atoms with Crippen LogP contribution in [0.25, 0.3) is 5.69 Å². The lowest BCUT2D eigenvalue weighted by atomic mass is 9.99. The number of carbonyl (C=O) groups excluding carboxylic acids is 1. The molecule has 0 saturated carbocycles. The molecular weight excluding hydrogens is 375 g/mol. The van der Waals surface area contributed by atoms with Gasteiger partial charge in [0, 0.05) is 24.0 Å². The number of nitrogens with two attached hydrogens (primary N) is 1. The van der Waals surface area contributed by atoms with Gasteiger partial charge in [-0.05, 0) is 38.0 Å². The van der Waals surface area contributed by atoms with E-state index >= 15 is 0 Å². The Balaban J connectivity index is 1.59. The Hall–Kier alpha value is -3.49. The lowest BCUT2D eigenvalue weighted by Gasteiger charge is -2.38. The fourth-order valence-electron chi connectivity index (χ4n) is 3.49. The van der Waals surface area contributed by atoms with Crippen LogP contribution in [0.5, 0.6) is 5.88 Å². The number of hydrogen-bond acceptors (Lipinski definition) is 6. The Morgan fingerprint density at radius 3 is 2.76 bits per heavy atom. The molecule has 29 heavy (non-hydrogen) atoms. The number of amides is 1. The van der Waals surface area contributed by atoms with Gasteiger partial charge in [0.15, 0.2) is 0 Å². The molecule has 1 aromatic carbocycles. The van der Waals surface area contributed by atoms with Gasteiger partial charge < -0.3 is 15.4 Å². The third-order valence-electron chi connectivity index (χ3n) is 4.99. The maximum absolute atomic E-state index is 14.7. The molecule has 150 valence electrons. The molecule has 0 aliphatic carbocycles. The van der Waals surface area contributed by atoms with Gasteiger partial charge in [-0.3, -0.25) is 4.79 Å². The fraction of sp³-hybridized carbons (Fsp3) is 0.300. The van der Waals surface area contributed by atoms with Crippen molar-refractivity contribution in [2.75, 3.05) is 12.3 Å². The number of ether oxygens (including phenoxy) is 1. The van der Waals surface area contributed by atoms with Crippen molar-refractivity contribution in [2.45, 2.75) is 31.9 Å². The number of rotatable bonds is 4. The first-order chi connectivity index (χ1) is 14.0. The summed E-state index contributed by atoms with van der Waals surface area (Å²) in [7, 11) is 0. The highest BCUT2D eigenvalue weighted by Gasteiger charge is 2.33. The molecule has 0 radical (unpaired) electrons. The summed E-state index contributed by atoms with van der Waals surface area (Å²) in [6.07, 6.45) is 5.75. The summed E-state index contributed by atoms with van der Waals surface area (Å²) in [5.41, 5.74) is 6.57. The van der Waals surface area contributed by atoms with Crippen molar-refractivity contribution in [3.63, 3.8) is 0 Å². The summed E-state index contributed by atoms with van der Waals surface area (Å²) in [6, 6.07) is 7.67. The van der Waals surface area contributed by atoms with Crippen LogP contribution >= 0.6 is 0 Å². The van der Waals surface area contributed by atoms with E-state index in [9.17, 15) is 9.18 Å². The Kier molecular flexibility index (Phi) is 5.11. The van der Waals surface area contributed by atoms with E-state index in [0.29, 0.717) is 23.8 Å². The van der Waals surface area contributed by atoms with Gasteiger partial charge in [0.1, 0.15) is 23.2 Å². The Morgan fingerprint density at radius 1 is 1.21 bits per heavy atom. The second kappa shape index (κ2) is 7.86. The molecule has 0 unspecified atom stereocenters. The van der Waals surface area contributed by atoms with Gasteiger partial charge in [-0.2, -0.15) is 15.0 Å². The molecule has 1 fully saturated rings. The number of carbonyl (C=O) groups is 1. The van der Waals surface area contributed by atoms with Crippen LogP contribution < -0.4 is 10.5 Å². The van der Waals surface area contributed by atoms with E-state index in [0.717, 1.165) is 12.8 Å². The first-order valence-corrected chi connectivity index (χ1v) is 9.37. The summed E-state index contributed by atoms with van der Waals surface area (Å²) in [5, 5.41) is 8.07. The standard InChI is InChI=1S/C20H21FN6O2/c1-13-5-6-15(29-18-11-14(22)7-8-23-18)12-26(13)20(28)19-16(21)3-2-4-17(19)27-24-9-10-25-27/h2-4,7-11,13,15H,5-6,12H2,1H3,(H2,22,23)/t13-,15-/m1/s1. The number of benzene rings is 1. The first kappa shape index (κ1) is 18.9. The van der Waals surface area contributed by atoms with Crippen molar-refractivity contribution in [1.82, 2.24) is 24.9 Å². The predicted molar refractivity (Wildman–Crippen MR) is 104 cm³/mol. The summed E-state index contributed by atoms with van der Waals surface area (Å²) in [4.78, 5) is 20.4. The van der Waals surface area contributed by atoms with E-state index in [4.69, 9.17) is 10.5 Å². The van der Waals surface area contributed by atoms with Gasteiger partial charge in [-0.25, -0.2) is 9.37 Å². The highest BCUT2D eigenvalue weighted by molar-refractivity contribution is 5.98. The molecule has 1 saturated heterocycles. The Morgan fingerprint density at radius 2 is 2.00 bits per heavy atom. The van der Waals surface area contributed by atoms with Gasteiger partial charge in [-0.1, -0.05) is 6.07 Å². The third-order valence-corrected chi connectivity index (χ3v) is 4.99. The maximum Gasteiger partial charge on any atom is 0.259 e. The van der Waals surface area contributed by atoms with Crippen LogP contribution in [0, 0.1) is 5.82 Å². The molecule has 9 heteroatoms. The van der Waals surface area contributed by atoms with Crippen molar-refractivity contribution >= 4 is 11.6 Å². The molecule has 2 N–H and O–H groups in total. The van der Waals surface area contributed by atoms with Crippen molar-refractivity contribution in [2.24, 2.45) is 0 Å². The maximum atomic E-state index is 14.7. The van der Waals surface area contributed by atoms with E-state index in [2.05, 4.69) is 15.2 Å². The average Bonchev–Trinajstić information content (AvgIpc) is 3.23. The number of anilines is 1. The Labute approximate surface area is 167 Å². The number of hydrogen-bond donors (Lipinski definition) is 1. The van der Waals surface area contributed by atoms with Gasteiger partial charge in [-0.15, -0.1) is 0 Å². The summed E-state index contributed by atoms with van der Waals surface area (Å²) >= 11 is 0. The number of aromatic nitrogens is 4. The van der Waals surface area contributed by atoms with Crippen molar-refractivity contribution in [3.8, 4) is 11.6 Å². The first-order valence-electron chi connectivity index (χ1n) is 9.37. The van der Waals surface area contributed by atoms with Crippen LogP contribution in [-0.2, 0) is 0 Å². The van der Waals surface area contributed by atoms with Crippen LogP contribution in [0.3, 0.4) is 0 Å². The molecule has 8 nitrogen and oxygen atoms in total. The number of piperidine rings is 1. The topological polar surface area (TPSA) is 99.2 Å². The number of nitrogens with zero attached hydrogens (tertiary/aromatic N) is 5. The predicted octanol–water partition coefficient (Wildman–Crippen LogP) is 2.46. The second-order valence-corrected chi connectivity index (χ2v) is 7.00. The van der Waals surface area contributed by atoms with E-state index in [-0.39, 0.29) is 17.7 Å². The molecule has 3 heterocycles. The van der Waals surface area contributed by atoms with Crippen LogP contribution in [0.1, 0.15) is 30.1 Å². The monoisotopic (exact) mass is 396 g/mol. The van der Waals surface area contributed by atoms with Crippen molar-refractivity contribution in [1.29, 1.82) is 0 Å². The Bertz CT molecular complexity index is 1010. The molecule has 0 spiro atoms. The molecule has 2 atom stereocenters. The summed E-state index contributed by atoms with van der Waals surface area (Å²) in [6.45, 7) is 2.26. The lowest BCUT2D eigenvalue weighted by molar-refractivity contribution is 0.0369. The minimum atomic E-state index is -0.613. The molecule has 4 rings (SSSR count). The molecule has 1 amide bonds. The van der Waals surface area contributed by atoms with Crippen LogP contribution in [0.4, 0.5) is 10.1 Å². The van der Waals surface area contributed by atoms with Gasteiger partial charge in [0.25, 0.3) is 5.91 Å². The van der Waals surface area contributed by atoms with Gasteiger partial charge in [0.05, 0.1) is 18.9 Å². The normalized spacial score (nSPS) is 19.2. The van der Waals surface area contributed by atoms with E-state index in [1.54, 1.807) is 29.3 Å². The second-order valence-electron chi connectivity index (χ2n) is 7.00. The van der Waals surface area contributed by atoms with Gasteiger partial charge in [0.2, 0.25) is 5.88 Å². The van der Waals surface area contributed by atoms with Crippen LogP contribution in [-0.4, -0.2) is 49.5 Å². The van der Waals surface area contributed by atoms with Crippen molar-refractivity contribution in [3.05, 3.63) is 60.3 Å². The van der Waals surface area contributed by atoms with Crippen LogP contribution in [0.2, 0.25) is 0 Å². The number of pyridine rings is 1. The van der Waals surface area contributed by atoms with E-state index in [1.165, 1.54) is 29.3 Å². The molecule has 1 aliphatic rings. The quantitative estimate of drug-likeness (QED) is 0.727. The molecule has 1 aliphatic heterocycles. The van der Waals surface area contributed by atoms with Crippen molar-refractivity contribution < 1.29 is 13.9 Å². The van der Waals surface area contributed by atoms with E-state index in [1.807, 2.05) is 6.92 Å². The number of halogens is 1. The fourth-order valence-corrected chi connectivity index (χ4v) is 3.49. The van der Waals surface area contributed by atoms with Crippen LogP contribution in [0.15, 0.2) is 48.9 Å². The molecule has 0 bridgehead atoms. The molecular formula is C20H21FN6O2. The molecule has 3 aromatic rings. The minimum Gasteiger partial charge on any atom is -0.472 e. The molecule has 2 aromatic heterocycles. The largest absolute Gasteiger partial charge is 0.472 e. The minimum absolute atomic E-state index is 0.0571. The van der Waals surface area contributed by atoms with E-state index < -0.39 is 11.7 Å². The number of likely N-dealkylation sites (tertiary alicyclic amines) is 1. The third kappa shape index (κ3) is 3.89. The highest BCUT2D eigenvalue weighted by atomic mass is 19.1. The number of nitrogen functional groups attached to an aromatic ring is 1. The van der Waals surface area contributed by atoms with Gasteiger partial charge >= 0.3 is 0 Å². The highest BCUT2D eigenvalue weighted by Crippen LogP contribution is 2.26.